The van der Waals surface area contributed by atoms with Crippen molar-refractivity contribution in [2.75, 3.05) is 31.6 Å². The molecule has 2 heterocycles. The number of anilines is 1. The molecule has 0 bridgehead atoms. The number of nitrogens with zero attached hydrogens (tertiary/aromatic N) is 4. The van der Waals surface area contributed by atoms with Crippen LogP contribution in [0.4, 0.5) is 5.95 Å². The highest BCUT2D eigenvalue weighted by Gasteiger charge is 2.22. The van der Waals surface area contributed by atoms with Crippen LogP contribution >= 0.6 is 11.6 Å². The second kappa shape index (κ2) is 5.85. The van der Waals surface area contributed by atoms with E-state index in [1.54, 1.807) is 0 Å². The van der Waals surface area contributed by atoms with Gasteiger partial charge in [-0.1, -0.05) is 0 Å². The van der Waals surface area contributed by atoms with Crippen molar-refractivity contribution >= 4 is 17.5 Å². The molecule has 4 nitrogen and oxygen atoms in total. The number of rotatable bonds is 2. The highest BCUT2D eigenvalue weighted by molar-refractivity contribution is 6.17. The van der Waals surface area contributed by atoms with E-state index >= 15 is 0 Å². The highest BCUT2D eigenvalue weighted by Crippen LogP contribution is 2.18. The van der Waals surface area contributed by atoms with Crippen molar-refractivity contribution in [1.29, 1.82) is 0 Å². The fourth-order valence-corrected chi connectivity index (χ4v) is 2.68. The van der Waals surface area contributed by atoms with Crippen LogP contribution in [0.15, 0.2) is 6.20 Å². The second-order valence-electron chi connectivity index (χ2n) is 5.07. The van der Waals surface area contributed by atoms with Crippen molar-refractivity contribution in [2.45, 2.75) is 32.2 Å². The first-order chi connectivity index (χ1) is 8.61. The minimum atomic E-state index is 0.443. The van der Waals surface area contributed by atoms with Gasteiger partial charge in [0.2, 0.25) is 5.95 Å². The molecule has 5 heteroatoms. The first-order valence-corrected chi connectivity index (χ1v) is 6.99. The zero-order valence-corrected chi connectivity index (χ0v) is 12.1. The van der Waals surface area contributed by atoms with Crippen LogP contribution in [0.5, 0.6) is 0 Å². The molecule has 1 fully saturated rings. The second-order valence-corrected chi connectivity index (χ2v) is 5.34. The van der Waals surface area contributed by atoms with Gasteiger partial charge in [-0.15, -0.1) is 11.6 Å². The van der Waals surface area contributed by atoms with Crippen LogP contribution in [0.2, 0.25) is 0 Å². The largest absolute Gasteiger partial charge is 0.337 e. The fourth-order valence-electron chi connectivity index (χ4n) is 2.42. The third-order valence-corrected chi connectivity index (χ3v) is 3.80. The summed E-state index contributed by atoms with van der Waals surface area (Å²) in [5, 5.41) is 0. The molecular weight excluding hydrogens is 248 g/mol. The van der Waals surface area contributed by atoms with Gasteiger partial charge in [-0.25, -0.2) is 9.97 Å². The maximum Gasteiger partial charge on any atom is 0.225 e. The predicted molar refractivity (Wildman–Crippen MR) is 75.2 cm³/mol. The number of hydrogen-bond donors (Lipinski definition) is 0. The molecule has 0 saturated carbocycles. The van der Waals surface area contributed by atoms with Crippen molar-refractivity contribution in [3.8, 4) is 0 Å². The van der Waals surface area contributed by atoms with E-state index < -0.39 is 0 Å². The lowest BCUT2D eigenvalue weighted by Crippen LogP contribution is -2.39. The van der Waals surface area contributed by atoms with Crippen LogP contribution in [0.1, 0.15) is 24.6 Å². The smallest absolute Gasteiger partial charge is 0.225 e. The maximum atomic E-state index is 5.84. The minimum absolute atomic E-state index is 0.443. The van der Waals surface area contributed by atoms with Gasteiger partial charge in [0.05, 0.1) is 5.88 Å². The molecule has 0 spiro atoms. The molecule has 1 unspecified atom stereocenters. The van der Waals surface area contributed by atoms with E-state index in [1.807, 2.05) is 13.1 Å². The maximum absolute atomic E-state index is 5.84. The summed E-state index contributed by atoms with van der Waals surface area (Å²) in [6, 6.07) is 0.443. The molecule has 1 aliphatic rings. The van der Waals surface area contributed by atoms with Crippen LogP contribution in [0.25, 0.3) is 0 Å². The Labute approximate surface area is 114 Å². The van der Waals surface area contributed by atoms with Gasteiger partial charge in [0.25, 0.3) is 0 Å². The summed E-state index contributed by atoms with van der Waals surface area (Å²) in [4.78, 5) is 13.7. The number of likely N-dealkylation sites (N-methyl/N-ethyl adjacent to an activating group) is 1. The van der Waals surface area contributed by atoms with Crippen molar-refractivity contribution < 1.29 is 0 Å². The summed E-state index contributed by atoms with van der Waals surface area (Å²) in [6.45, 7) is 7.44. The van der Waals surface area contributed by atoms with E-state index in [-0.39, 0.29) is 0 Å². The number of alkyl halides is 1. The van der Waals surface area contributed by atoms with Crippen LogP contribution in [-0.4, -0.2) is 47.6 Å². The van der Waals surface area contributed by atoms with Crippen LogP contribution in [0, 0.1) is 6.92 Å². The number of hydrogen-bond acceptors (Lipinski definition) is 4. The molecule has 1 saturated heterocycles. The summed E-state index contributed by atoms with van der Waals surface area (Å²) in [6.07, 6.45) is 3.01. The van der Waals surface area contributed by atoms with E-state index in [0.29, 0.717) is 11.9 Å². The first kappa shape index (κ1) is 13.6. The van der Waals surface area contributed by atoms with E-state index in [9.17, 15) is 0 Å². The van der Waals surface area contributed by atoms with E-state index in [4.69, 9.17) is 11.6 Å². The normalized spacial score (nSPS) is 22.0. The van der Waals surface area contributed by atoms with Gasteiger partial charge in [-0.3, -0.25) is 0 Å². The van der Waals surface area contributed by atoms with Crippen LogP contribution < -0.4 is 4.90 Å². The van der Waals surface area contributed by atoms with Crippen molar-refractivity contribution in [1.82, 2.24) is 14.9 Å². The van der Waals surface area contributed by atoms with Gasteiger partial charge < -0.3 is 9.80 Å². The molecule has 1 aliphatic heterocycles. The molecule has 2 rings (SSSR count). The lowest BCUT2D eigenvalue weighted by molar-refractivity contribution is 0.337. The van der Waals surface area contributed by atoms with Crippen LogP contribution in [0.3, 0.4) is 0 Å². The molecule has 1 aromatic heterocycles. The van der Waals surface area contributed by atoms with E-state index in [0.717, 1.165) is 43.3 Å². The third kappa shape index (κ3) is 2.93. The first-order valence-electron chi connectivity index (χ1n) is 6.45. The molecule has 0 aliphatic carbocycles. The van der Waals surface area contributed by atoms with E-state index in [2.05, 4.69) is 33.7 Å². The molecule has 18 heavy (non-hydrogen) atoms. The molecule has 1 aromatic rings. The summed E-state index contributed by atoms with van der Waals surface area (Å²) >= 11 is 5.84. The van der Waals surface area contributed by atoms with Crippen molar-refractivity contribution in [3.63, 3.8) is 0 Å². The van der Waals surface area contributed by atoms with E-state index in [1.165, 1.54) is 0 Å². The fraction of sp³-hybridized carbons (Fsp3) is 0.692. The quantitative estimate of drug-likeness (QED) is 0.769. The van der Waals surface area contributed by atoms with Gasteiger partial charge in [-0.2, -0.15) is 0 Å². The lowest BCUT2D eigenvalue weighted by atomic mass is 10.2. The average molecular weight is 269 g/mol. The highest BCUT2D eigenvalue weighted by atomic mass is 35.5. The van der Waals surface area contributed by atoms with Gasteiger partial charge in [0.1, 0.15) is 0 Å². The summed E-state index contributed by atoms with van der Waals surface area (Å²) in [7, 11) is 2.17. The Morgan fingerprint density at radius 2 is 2.22 bits per heavy atom. The molecule has 0 radical (unpaired) electrons. The molecule has 0 N–H and O–H groups in total. The van der Waals surface area contributed by atoms with Crippen molar-refractivity contribution in [3.05, 3.63) is 17.5 Å². The Balaban J connectivity index is 2.21. The van der Waals surface area contributed by atoms with Gasteiger partial charge in [0.15, 0.2) is 0 Å². The average Bonchev–Trinajstić information content (AvgIpc) is 2.50. The Morgan fingerprint density at radius 1 is 1.44 bits per heavy atom. The summed E-state index contributed by atoms with van der Waals surface area (Å²) in [5.41, 5.74) is 2.00. The zero-order chi connectivity index (χ0) is 13.1. The molecule has 1 atom stereocenters. The molecule has 100 valence electrons. The Kier molecular flexibility index (Phi) is 4.40. The Morgan fingerprint density at radius 3 is 2.89 bits per heavy atom. The number of aryl methyl sites for hydroxylation is 1. The van der Waals surface area contributed by atoms with Gasteiger partial charge >= 0.3 is 0 Å². The van der Waals surface area contributed by atoms with Gasteiger partial charge in [0, 0.05) is 36.6 Å². The summed E-state index contributed by atoms with van der Waals surface area (Å²) < 4.78 is 0. The monoisotopic (exact) mass is 268 g/mol. The number of halogens is 1. The SMILES string of the molecule is Cc1nc(N2CCCN(C)CC2C)ncc1CCl. The zero-order valence-electron chi connectivity index (χ0n) is 11.4. The topological polar surface area (TPSA) is 32.3 Å². The Hall–Kier alpha value is -0.870. The minimum Gasteiger partial charge on any atom is -0.337 e. The number of aromatic nitrogens is 2. The third-order valence-electron chi connectivity index (χ3n) is 3.52. The lowest BCUT2D eigenvalue weighted by Gasteiger charge is -2.28. The molecular formula is C13H21ClN4. The standard InChI is InChI=1S/C13H21ClN4/c1-10-9-17(3)5-4-6-18(10)13-15-8-12(7-14)11(2)16-13/h8,10H,4-7,9H2,1-3H3. The predicted octanol–water partition coefficient (Wildman–Crippen LogP) is 2.05. The Bertz CT molecular complexity index is 410. The molecule has 0 amide bonds. The van der Waals surface area contributed by atoms with Crippen LogP contribution in [-0.2, 0) is 5.88 Å². The molecule has 0 aromatic carbocycles. The van der Waals surface area contributed by atoms with Crippen molar-refractivity contribution in [2.24, 2.45) is 0 Å². The van der Waals surface area contributed by atoms with Gasteiger partial charge in [-0.05, 0) is 33.9 Å². The summed E-state index contributed by atoms with van der Waals surface area (Å²) in [5.74, 6) is 1.31.